The highest BCUT2D eigenvalue weighted by atomic mass is 32.2. The van der Waals surface area contributed by atoms with E-state index in [4.69, 9.17) is 0 Å². The van der Waals surface area contributed by atoms with Crippen molar-refractivity contribution in [1.29, 1.82) is 0 Å². The summed E-state index contributed by atoms with van der Waals surface area (Å²) in [5.74, 6) is -0.190. The SMILES string of the molecule is CS(=O)(=O)N[C@@H](Cc1c[nH]c2ccccc12)C(=O)N1CCc2ccccc2C1. The van der Waals surface area contributed by atoms with Crippen molar-refractivity contribution in [1.82, 2.24) is 14.6 Å². The van der Waals surface area contributed by atoms with Gasteiger partial charge in [-0.15, -0.1) is 0 Å². The number of nitrogens with zero attached hydrogens (tertiary/aromatic N) is 1. The number of para-hydroxylation sites is 1. The van der Waals surface area contributed by atoms with Gasteiger partial charge in [0.1, 0.15) is 6.04 Å². The molecule has 0 spiro atoms. The van der Waals surface area contributed by atoms with E-state index in [0.29, 0.717) is 19.5 Å². The maximum Gasteiger partial charge on any atom is 0.241 e. The number of H-pyrrole nitrogens is 1. The zero-order valence-corrected chi connectivity index (χ0v) is 16.5. The van der Waals surface area contributed by atoms with Crippen LogP contribution in [0.5, 0.6) is 0 Å². The second-order valence-corrected chi connectivity index (χ2v) is 9.06. The Balaban J connectivity index is 1.60. The lowest BCUT2D eigenvalue weighted by atomic mass is 9.98. The molecule has 0 saturated carbocycles. The standard InChI is InChI=1S/C21H23N3O3S/c1-28(26,27)23-20(12-17-13-22-19-9-5-4-8-18(17)19)21(25)24-11-10-15-6-2-3-7-16(15)14-24/h2-9,13,20,22-23H,10-12,14H2,1H3/t20-/m0/s1. The van der Waals surface area contributed by atoms with Crippen LogP contribution in [0.2, 0.25) is 0 Å². The fraction of sp³-hybridized carbons (Fsp3) is 0.286. The second-order valence-electron chi connectivity index (χ2n) is 7.28. The maximum atomic E-state index is 13.2. The molecule has 7 heteroatoms. The number of rotatable bonds is 5. The van der Waals surface area contributed by atoms with Crippen molar-refractivity contribution >= 4 is 26.8 Å². The van der Waals surface area contributed by atoms with Gasteiger partial charge in [0, 0.05) is 30.2 Å². The first-order chi connectivity index (χ1) is 13.4. The van der Waals surface area contributed by atoms with Gasteiger partial charge in [0.25, 0.3) is 0 Å². The molecule has 0 bridgehead atoms. The molecule has 0 fully saturated rings. The number of amides is 1. The van der Waals surface area contributed by atoms with Crippen LogP contribution in [0.3, 0.4) is 0 Å². The van der Waals surface area contributed by atoms with E-state index < -0.39 is 16.1 Å². The number of hydrogen-bond donors (Lipinski definition) is 2. The Labute approximate surface area is 164 Å². The van der Waals surface area contributed by atoms with E-state index in [-0.39, 0.29) is 5.91 Å². The van der Waals surface area contributed by atoms with Crippen LogP contribution in [-0.4, -0.2) is 43.1 Å². The van der Waals surface area contributed by atoms with Crippen molar-refractivity contribution < 1.29 is 13.2 Å². The molecule has 0 aliphatic carbocycles. The van der Waals surface area contributed by atoms with Gasteiger partial charge in [0.15, 0.2) is 0 Å². The molecule has 28 heavy (non-hydrogen) atoms. The average Bonchev–Trinajstić information content (AvgIpc) is 3.08. The predicted octanol–water partition coefficient (Wildman–Crippen LogP) is 2.21. The van der Waals surface area contributed by atoms with Gasteiger partial charge < -0.3 is 9.88 Å². The van der Waals surface area contributed by atoms with Crippen LogP contribution in [0, 0.1) is 0 Å². The third-order valence-electron chi connectivity index (χ3n) is 5.20. The van der Waals surface area contributed by atoms with E-state index in [1.54, 1.807) is 4.90 Å². The van der Waals surface area contributed by atoms with Crippen LogP contribution < -0.4 is 4.72 Å². The molecule has 1 amide bonds. The molecule has 3 aromatic rings. The summed E-state index contributed by atoms with van der Waals surface area (Å²) in [5, 5.41) is 1.000. The van der Waals surface area contributed by atoms with Gasteiger partial charge in [-0.1, -0.05) is 42.5 Å². The lowest BCUT2D eigenvalue weighted by Gasteiger charge is -2.32. The summed E-state index contributed by atoms with van der Waals surface area (Å²) in [7, 11) is -3.53. The molecule has 1 aromatic heterocycles. The van der Waals surface area contributed by atoms with E-state index in [1.807, 2.05) is 48.7 Å². The minimum Gasteiger partial charge on any atom is -0.361 e. The number of nitrogens with one attached hydrogen (secondary N) is 2. The molecule has 4 rings (SSSR count). The summed E-state index contributed by atoms with van der Waals surface area (Å²) < 4.78 is 26.4. The normalized spacial score (nSPS) is 15.4. The first-order valence-corrected chi connectivity index (χ1v) is 11.2. The molecule has 0 unspecified atom stereocenters. The highest BCUT2D eigenvalue weighted by Crippen LogP contribution is 2.22. The number of hydrogen-bond acceptors (Lipinski definition) is 3. The zero-order chi connectivity index (χ0) is 19.7. The van der Waals surface area contributed by atoms with Crippen LogP contribution in [0.25, 0.3) is 10.9 Å². The van der Waals surface area contributed by atoms with Crippen molar-refractivity contribution in [2.75, 3.05) is 12.8 Å². The molecule has 2 N–H and O–H groups in total. The molecule has 6 nitrogen and oxygen atoms in total. The minimum absolute atomic E-state index is 0.190. The number of benzene rings is 2. The van der Waals surface area contributed by atoms with Crippen molar-refractivity contribution in [2.45, 2.75) is 25.4 Å². The smallest absolute Gasteiger partial charge is 0.241 e. The van der Waals surface area contributed by atoms with Crippen LogP contribution in [0.1, 0.15) is 16.7 Å². The van der Waals surface area contributed by atoms with Gasteiger partial charge in [-0.05, 0) is 35.6 Å². The number of aromatic nitrogens is 1. The van der Waals surface area contributed by atoms with Crippen molar-refractivity contribution in [3.05, 3.63) is 71.4 Å². The first-order valence-electron chi connectivity index (χ1n) is 9.28. The number of aromatic amines is 1. The summed E-state index contributed by atoms with van der Waals surface area (Å²) in [6, 6.07) is 15.0. The molecule has 0 radical (unpaired) electrons. The second kappa shape index (κ2) is 7.41. The summed E-state index contributed by atoms with van der Waals surface area (Å²) in [6.45, 7) is 1.09. The third kappa shape index (κ3) is 3.95. The number of fused-ring (bicyclic) bond motifs is 2. The maximum absolute atomic E-state index is 13.2. The molecule has 1 aliphatic rings. The Kier molecular flexibility index (Phi) is 4.95. The Morgan fingerprint density at radius 2 is 1.86 bits per heavy atom. The van der Waals surface area contributed by atoms with Crippen LogP contribution in [0.15, 0.2) is 54.7 Å². The molecular formula is C21H23N3O3S. The van der Waals surface area contributed by atoms with Gasteiger partial charge in [0.05, 0.1) is 6.26 Å². The van der Waals surface area contributed by atoms with Crippen LogP contribution >= 0.6 is 0 Å². The molecule has 2 aromatic carbocycles. The lowest BCUT2D eigenvalue weighted by molar-refractivity contribution is -0.133. The van der Waals surface area contributed by atoms with Crippen molar-refractivity contribution in [3.8, 4) is 0 Å². The quantitative estimate of drug-likeness (QED) is 0.693. The van der Waals surface area contributed by atoms with Gasteiger partial charge in [-0.25, -0.2) is 13.1 Å². The lowest BCUT2D eigenvalue weighted by Crippen LogP contribution is -2.50. The third-order valence-corrected chi connectivity index (χ3v) is 5.91. The zero-order valence-electron chi connectivity index (χ0n) is 15.7. The summed E-state index contributed by atoms with van der Waals surface area (Å²) in [4.78, 5) is 18.2. The van der Waals surface area contributed by atoms with Gasteiger partial charge >= 0.3 is 0 Å². The number of carbonyl (C=O) groups is 1. The molecule has 1 atom stereocenters. The highest BCUT2D eigenvalue weighted by molar-refractivity contribution is 7.88. The Morgan fingerprint density at radius 3 is 2.64 bits per heavy atom. The first kappa shape index (κ1) is 18.7. The van der Waals surface area contributed by atoms with Gasteiger partial charge in [-0.2, -0.15) is 0 Å². The van der Waals surface area contributed by atoms with E-state index in [2.05, 4.69) is 15.8 Å². The van der Waals surface area contributed by atoms with Gasteiger partial charge in [0.2, 0.25) is 15.9 Å². The van der Waals surface area contributed by atoms with Crippen LogP contribution in [-0.2, 0) is 34.2 Å². The Hall–Kier alpha value is -2.64. The number of carbonyl (C=O) groups excluding carboxylic acids is 1. The number of sulfonamides is 1. The minimum atomic E-state index is -3.53. The topological polar surface area (TPSA) is 82.3 Å². The summed E-state index contributed by atoms with van der Waals surface area (Å²) in [6.07, 6.45) is 4.02. The van der Waals surface area contributed by atoms with Gasteiger partial charge in [-0.3, -0.25) is 4.79 Å². The van der Waals surface area contributed by atoms with Crippen LogP contribution in [0.4, 0.5) is 0 Å². The monoisotopic (exact) mass is 397 g/mol. The predicted molar refractivity (Wildman–Crippen MR) is 109 cm³/mol. The van der Waals surface area contributed by atoms with Crippen molar-refractivity contribution in [2.24, 2.45) is 0 Å². The molecule has 0 saturated heterocycles. The largest absolute Gasteiger partial charge is 0.361 e. The van der Waals surface area contributed by atoms with E-state index >= 15 is 0 Å². The fourth-order valence-corrected chi connectivity index (χ4v) is 4.56. The highest BCUT2D eigenvalue weighted by Gasteiger charge is 2.30. The molecule has 146 valence electrons. The summed E-state index contributed by atoms with van der Waals surface area (Å²) in [5.41, 5.74) is 4.25. The van der Waals surface area contributed by atoms with E-state index in [9.17, 15) is 13.2 Å². The van der Waals surface area contributed by atoms with Crippen molar-refractivity contribution in [3.63, 3.8) is 0 Å². The molecule has 1 aliphatic heterocycles. The Bertz CT molecular complexity index is 1120. The Morgan fingerprint density at radius 1 is 1.14 bits per heavy atom. The average molecular weight is 398 g/mol. The molecule has 2 heterocycles. The fourth-order valence-electron chi connectivity index (χ4n) is 3.86. The summed E-state index contributed by atoms with van der Waals surface area (Å²) >= 11 is 0. The van der Waals surface area contributed by atoms with E-state index in [0.717, 1.165) is 34.7 Å². The molecular weight excluding hydrogens is 374 g/mol. The van der Waals surface area contributed by atoms with E-state index in [1.165, 1.54) is 5.56 Å².